The Bertz CT molecular complexity index is 546. The molecule has 1 aromatic heterocycles. The van der Waals surface area contributed by atoms with E-state index in [-0.39, 0.29) is 11.3 Å². The summed E-state index contributed by atoms with van der Waals surface area (Å²) >= 11 is 3.17. The van der Waals surface area contributed by atoms with Crippen molar-refractivity contribution in [2.75, 3.05) is 0 Å². The van der Waals surface area contributed by atoms with Gasteiger partial charge in [-0.2, -0.15) is 0 Å². The largest absolute Gasteiger partial charge is 0.460 e. The number of carbonyl (C=O) groups excluding carboxylic acids is 1. The van der Waals surface area contributed by atoms with E-state index in [9.17, 15) is 9.18 Å². The molecule has 0 fully saturated rings. The fourth-order valence-corrected chi connectivity index (χ4v) is 1.76. The van der Waals surface area contributed by atoms with Gasteiger partial charge >= 0.3 is 0 Å². The Morgan fingerprint density at radius 3 is 2.69 bits per heavy atom. The summed E-state index contributed by atoms with van der Waals surface area (Å²) in [7, 11) is 0. The third-order valence-electron chi connectivity index (χ3n) is 2.19. The summed E-state index contributed by atoms with van der Waals surface area (Å²) in [4.78, 5) is 11.9. The van der Waals surface area contributed by atoms with Crippen molar-refractivity contribution in [2.45, 2.75) is 6.92 Å². The van der Waals surface area contributed by atoms with Crippen molar-refractivity contribution in [3.63, 3.8) is 0 Å². The summed E-state index contributed by atoms with van der Waals surface area (Å²) in [6, 6.07) is 6.07. The number of rotatable bonds is 2. The standard InChI is InChI=1S/C12H8BrFO2/c1-7-2-3-8(10(14)6-7)11(15)12-9(13)4-5-16-12/h2-6H,1H3. The molecule has 0 unspecified atom stereocenters. The first-order valence-corrected chi connectivity index (χ1v) is 5.42. The molecule has 2 rings (SSSR count). The summed E-state index contributed by atoms with van der Waals surface area (Å²) in [6.07, 6.45) is 1.38. The number of benzene rings is 1. The van der Waals surface area contributed by atoms with E-state index in [2.05, 4.69) is 15.9 Å². The molecule has 0 bridgehead atoms. The van der Waals surface area contributed by atoms with Gasteiger partial charge in [0.05, 0.1) is 16.3 Å². The lowest BCUT2D eigenvalue weighted by Crippen LogP contribution is -2.03. The molecule has 0 saturated carbocycles. The van der Waals surface area contributed by atoms with Crippen LogP contribution in [0.25, 0.3) is 0 Å². The van der Waals surface area contributed by atoms with Gasteiger partial charge in [-0.05, 0) is 46.6 Å². The van der Waals surface area contributed by atoms with E-state index in [1.807, 2.05) is 0 Å². The Hall–Kier alpha value is -1.42. The maximum atomic E-state index is 13.5. The highest BCUT2D eigenvalue weighted by Gasteiger charge is 2.19. The van der Waals surface area contributed by atoms with Gasteiger partial charge in [0.15, 0.2) is 5.76 Å². The lowest BCUT2D eigenvalue weighted by Gasteiger charge is -2.01. The summed E-state index contributed by atoms with van der Waals surface area (Å²) in [5, 5.41) is 0. The van der Waals surface area contributed by atoms with Crippen LogP contribution in [0.5, 0.6) is 0 Å². The number of ketones is 1. The van der Waals surface area contributed by atoms with Crippen LogP contribution in [-0.4, -0.2) is 5.78 Å². The third kappa shape index (κ3) is 1.93. The van der Waals surface area contributed by atoms with Gasteiger partial charge in [-0.15, -0.1) is 0 Å². The molecule has 1 aromatic carbocycles. The molecule has 0 amide bonds. The van der Waals surface area contributed by atoms with Gasteiger partial charge in [0.2, 0.25) is 5.78 Å². The summed E-state index contributed by atoms with van der Waals surface area (Å²) in [6.45, 7) is 1.76. The summed E-state index contributed by atoms with van der Waals surface area (Å²) < 4.78 is 19.1. The van der Waals surface area contributed by atoms with E-state index in [0.29, 0.717) is 4.47 Å². The van der Waals surface area contributed by atoms with Crippen LogP contribution in [0, 0.1) is 12.7 Å². The highest BCUT2D eigenvalue weighted by atomic mass is 79.9. The van der Waals surface area contributed by atoms with Crippen LogP contribution >= 0.6 is 15.9 Å². The predicted molar refractivity (Wildman–Crippen MR) is 61.0 cm³/mol. The smallest absolute Gasteiger partial charge is 0.232 e. The van der Waals surface area contributed by atoms with E-state index in [1.54, 1.807) is 19.1 Å². The minimum absolute atomic E-state index is 0.0150. The van der Waals surface area contributed by atoms with Crippen LogP contribution in [0.3, 0.4) is 0 Å². The Morgan fingerprint density at radius 2 is 2.12 bits per heavy atom. The highest BCUT2D eigenvalue weighted by Crippen LogP contribution is 2.22. The Balaban J connectivity index is 2.46. The van der Waals surface area contributed by atoms with E-state index < -0.39 is 11.6 Å². The molecular formula is C12H8BrFO2. The van der Waals surface area contributed by atoms with E-state index in [0.717, 1.165) is 5.56 Å². The molecule has 1 heterocycles. The Morgan fingerprint density at radius 1 is 1.38 bits per heavy atom. The van der Waals surface area contributed by atoms with Gasteiger partial charge in [-0.3, -0.25) is 4.79 Å². The van der Waals surface area contributed by atoms with Crippen molar-refractivity contribution < 1.29 is 13.6 Å². The van der Waals surface area contributed by atoms with Crippen LogP contribution in [0.4, 0.5) is 4.39 Å². The molecule has 0 N–H and O–H groups in total. The van der Waals surface area contributed by atoms with Gasteiger partial charge in [0, 0.05) is 0 Å². The summed E-state index contributed by atoms with van der Waals surface area (Å²) in [5.41, 5.74) is 0.786. The molecule has 2 nitrogen and oxygen atoms in total. The van der Waals surface area contributed by atoms with Gasteiger partial charge in [0.25, 0.3) is 0 Å². The maximum Gasteiger partial charge on any atom is 0.232 e. The van der Waals surface area contributed by atoms with Crippen LogP contribution in [0.1, 0.15) is 21.7 Å². The molecular weight excluding hydrogens is 275 g/mol. The second-order valence-corrected chi connectivity index (χ2v) is 4.26. The van der Waals surface area contributed by atoms with Crippen molar-refractivity contribution in [1.82, 2.24) is 0 Å². The summed E-state index contributed by atoms with van der Waals surface area (Å²) in [5.74, 6) is -0.884. The predicted octanol–water partition coefficient (Wildman–Crippen LogP) is 3.72. The molecule has 0 aliphatic heterocycles. The molecule has 2 aromatic rings. The minimum atomic E-state index is -0.534. The van der Waals surface area contributed by atoms with E-state index >= 15 is 0 Å². The molecule has 0 radical (unpaired) electrons. The molecule has 0 spiro atoms. The number of carbonyl (C=O) groups is 1. The zero-order valence-electron chi connectivity index (χ0n) is 8.46. The zero-order chi connectivity index (χ0) is 11.7. The van der Waals surface area contributed by atoms with Crippen molar-refractivity contribution in [3.8, 4) is 0 Å². The first kappa shape index (κ1) is 11.1. The number of aryl methyl sites for hydroxylation is 1. The van der Waals surface area contributed by atoms with Crippen LogP contribution < -0.4 is 0 Å². The zero-order valence-corrected chi connectivity index (χ0v) is 10.0. The average molecular weight is 283 g/mol. The minimum Gasteiger partial charge on any atom is -0.460 e. The number of hydrogen-bond acceptors (Lipinski definition) is 2. The van der Waals surface area contributed by atoms with Crippen molar-refractivity contribution >= 4 is 21.7 Å². The molecule has 0 saturated heterocycles. The van der Waals surface area contributed by atoms with Crippen LogP contribution in [0.15, 0.2) is 39.4 Å². The second kappa shape index (κ2) is 4.22. The third-order valence-corrected chi connectivity index (χ3v) is 2.82. The van der Waals surface area contributed by atoms with Gasteiger partial charge in [-0.1, -0.05) is 6.07 Å². The molecule has 0 atom stereocenters. The lowest BCUT2D eigenvalue weighted by atomic mass is 10.1. The first-order chi connectivity index (χ1) is 7.59. The monoisotopic (exact) mass is 282 g/mol. The second-order valence-electron chi connectivity index (χ2n) is 3.41. The fraction of sp³-hybridized carbons (Fsp3) is 0.0833. The normalized spacial score (nSPS) is 10.4. The van der Waals surface area contributed by atoms with Gasteiger partial charge in [0.1, 0.15) is 5.82 Å². The van der Waals surface area contributed by atoms with Crippen molar-refractivity contribution in [1.29, 1.82) is 0 Å². The lowest BCUT2D eigenvalue weighted by molar-refractivity contribution is 0.100. The van der Waals surface area contributed by atoms with Crippen LogP contribution in [0.2, 0.25) is 0 Å². The quantitative estimate of drug-likeness (QED) is 0.786. The highest BCUT2D eigenvalue weighted by molar-refractivity contribution is 9.10. The van der Waals surface area contributed by atoms with E-state index in [1.165, 1.54) is 18.4 Å². The average Bonchev–Trinajstić information content (AvgIpc) is 2.63. The maximum absolute atomic E-state index is 13.5. The van der Waals surface area contributed by atoms with Crippen molar-refractivity contribution in [2.24, 2.45) is 0 Å². The molecule has 82 valence electrons. The van der Waals surface area contributed by atoms with Gasteiger partial charge < -0.3 is 4.42 Å². The van der Waals surface area contributed by atoms with Crippen molar-refractivity contribution in [3.05, 3.63) is 57.7 Å². The van der Waals surface area contributed by atoms with Crippen LogP contribution in [-0.2, 0) is 0 Å². The topological polar surface area (TPSA) is 30.2 Å². The number of hydrogen-bond donors (Lipinski definition) is 0. The van der Waals surface area contributed by atoms with Gasteiger partial charge in [-0.25, -0.2) is 4.39 Å². The van der Waals surface area contributed by atoms with E-state index in [4.69, 9.17) is 4.42 Å². The number of furan rings is 1. The molecule has 16 heavy (non-hydrogen) atoms. The fourth-order valence-electron chi connectivity index (χ4n) is 1.38. The SMILES string of the molecule is Cc1ccc(C(=O)c2occc2Br)c(F)c1. The Kier molecular flexibility index (Phi) is 2.92. The molecule has 0 aliphatic rings. The first-order valence-electron chi connectivity index (χ1n) is 4.63. The molecule has 0 aliphatic carbocycles. The molecule has 4 heteroatoms. The number of halogens is 2. The Labute approximate surface area is 100 Å².